The van der Waals surface area contributed by atoms with Gasteiger partial charge >= 0.3 is 0 Å². The van der Waals surface area contributed by atoms with Crippen molar-refractivity contribution in [2.24, 2.45) is 17.8 Å². The highest BCUT2D eigenvalue weighted by atomic mass is 16.5. The summed E-state index contributed by atoms with van der Waals surface area (Å²) in [5.74, 6) is 1.72. The van der Waals surface area contributed by atoms with E-state index in [1.807, 2.05) is 4.68 Å². The molecule has 1 aliphatic carbocycles. The highest BCUT2D eigenvalue weighted by Gasteiger charge is 2.36. The van der Waals surface area contributed by atoms with Crippen molar-refractivity contribution in [3.8, 4) is 0 Å². The van der Waals surface area contributed by atoms with Crippen LogP contribution in [0.3, 0.4) is 0 Å². The molecule has 0 radical (unpaired) electrons. The molecule has 0 unspecified atom stereocenters. The van der Waals surface area contributed by atoms with E-state index >= 15 is 0 Å². The van der Waals surface area contributed by atoms with Crippen LogP contribution in [0.15, 0.2) is 6.33 Å². The molecule has 1 amide bonds. The van der Waals surface area contributed by atoms with Crippen LogP contribution in [0.5, 0.6) is 0 Å². The topological polar surface area (TPSA) is 76.4 Å². The van der Waals surface area contributed by atoms with Crippen molar-refractivity contribution in [2.75, 3.05) is 39.9 Å². The number of carbonyl (C=O) groups excluding carboxylic acids is 1. The molecule has 8 nitrogen and oxygen atoms in total. The van der Waals surface area contributed by atoms with Gasteiger partial charge in [0.1, 0.15) is 6.33 Å². The van der Waals surface area contributed by atoms with Crippen LogP contribution in [-0.2, 0) is 16.1 Å². The molecule has 1 aromatic rings. The van der Waals surface area contributed by atoms with Crippen LogP contribution in [0.2, 0.25) is 0 Å². The summed E-state index contributed by atoms with van der Waals surface area (Å²) in [5.41, 5.74) is 0. The van der Waals surface area contributed by atoms with Crippen molar-refractivity contribution in [2.45, 2.75) is 70.4 Å². The van der Waals surface area contributed by atoms with Gasteiger partial charge in [-0.05, 0) is 86.7 Å². The summed E-state index contributed by atoms with van der Waals surface area (Å²) < 4.78 is 7.17. The second kappa shape index (κ2) is 10.7. The van der Waals surface area contributed by atoms with Crippen LogP contribution < -0.4 is 0 Å². The van der Waals surface area contributed by atoms with Crippen molar-refractivity contribution in [1.29, 1.82) is 0 Å². The standard InChI is InChI=1S/C22H38N6O2/c1-30-14-13-27(16-20-5-4-12-26-11-3-2-6-21(20)26)22(29)19-9-7-18(8-10-19)15-28-17-23-24-25-28/h17-21H,2-16H2,1H3/t18?,19?,20-,21+/m1/s1. The number of carbonyl (C=O) groups is 1. The number of methoxy groups -OCH3 is 1. The molecule has 0 spiro atoms. The monoisotopic (exact) mass is 418 g/mol. The zero-order chi connectivity index (χ0) is 20.8. The lowest BCUT2D eigenvalue weighted by atomic mass is 9.80. The number of hydrogen-bond acceptors (Lipinski definition) is 6. The molecule has 30 heavy (non-hydrogen) atoms. The van der Waals surface area contributed by atoms with Gasteiger partial charge in [0.05, 0.1) is 6.61 Å². The van der Waals surface area contributed by atoms with Crippen LogP contribution >= 0.6 is 0 Å². The first kappa shape index (κ1) is 21.7. The zero-order valence-electron chi connectivity index (χ0n) is 18.5. The molecule has 3 aliphatic rings. The van der Waals surface area contributed by atoms with Gasteiger partial charge in [0, 0.05) is 38.7 Å². The first-order valence-electron chi connectivity index (χ1n) is 12.0. The van der Waals surface area contributed by atoms with E-state index < -0.39 is 0 Å². The summed E-state index contributed by atoms with van der Waals surface area (Å²) in [5, 5.41) is 11.4. The fraction of sp³-hybridized carbons (Fsp3) is 0.909. The third kappa shape index (κ3) is 5.38. The van der Waals surface area contributed by atoms with E-state index in [1.54, 1.807) is 13.4 Å². The van der Waals surface area contributed by atoms with Crippen molar-refractivity contribution in [3.63, 3.8) is 0 Å². The lowest BCUT2D eigenvalue weighted by Crippen LogP contribution is -2.52. The number of fused-ring (bicyclic) bond motifs is 1. The van der Waals surface area contributed by atoms with E-state index in [-0.39, 0.29) is 5.92 Å². The maximum Gasteiger partial charge on any atom is 0.225 e. The van der Waals surface area contributed by atoms with Crippen molar-refractivity contribution in [3.05, 3.63) is 6.33 Å². The Morgan fingerprint density at radius 1 is 1.10 bits per heavy atom. The van der Waals surface area contributed by atoms with Crippen molar-refractivity contribution < 1.29 is 9.53 Å². The van der Waals surface area contributed by atoms with E-state index in [0.717, 1.165) is 45.3 Å². The molecule has 168 valence electrons. The molecular weight excluding hydrogens is 380 g/mol. The summed E-state index contributed by atoms with van der Waals surface area (Å²) in [6.07, 6.45) is 12.3. The van der Waals surface area contributed by atoms with Gasteiger partial charge in [-0.3, -0.25) is 4.79 Å². The van der Waals surface area contributed by atoms with Gasteiger partial charge < -0.3 is 14.5 Å². The fourth-order valence-corrected chi connectivity index (χ4v) is 5.94. The Morgan fingerprint density at radius 3 is 2.70 bits per heavy atom. The molecule has 4 rings (SSSR count). The van der Waals surface area contributed by atoms with Gasteiger partial charge in [-0.2, -0.15) is 0 Å². The van der Waals surface area contributed by atoms with Crippen LogP contribution in [0.25, 0.3) is 0 Å². The van der Waals surface area contributed by atoms with Crippen LogP contribution in [-0.4, -0.2) is 81.9 Å². The molecule has 2 atom stereocenters. The van der Waals surface area contributed by atoms with Crippen molar-refractivity contribution >= 4 is 5.91 Å². The van der Waals surface area contributed by atoms with Gasteiger partial charge in [0.25, 0.3) is 0 Å². The number of ether oxygens (including phenoxy) is 1. The molecular formula is C22H38N6O2. The molecule has 0 N–H and O–H groups in total. The van der Waals surface area contributed by atoms with Crippen molar-refractivity contribution in [1.82, 2.24) is 30.0 Å². The average Bonchev–Trinajstić information content (AvgIpc) is 3.30. The number of aromatic nitrogens is 4. The van der Waals surface area contributed by atoms with Crippen LogP contribution in [0, 0.1) is 17.8 Å². The molecule has 2 aliphatic heterocycles. The maximum atomic E-state index is 13.5. The third-order valence-corrected chi connectivity index (χ3v) is 7.59. The predicted molar refractivity (Wildman–Crippen MR) is 114 cm³/mol. The predicted octanol–water partition coefficient (Wildman–Crippen LogP) is 2.22. The summed E-state index contributed by atoms with van der Waals surface area (Å²) in [6, 6.07) is 0.678. The molecule has 8 heteroatoms. The minimum Gasteiger partial charge on any atom is -0.383 e. The Bertz CT molecular complexity index is 644. The summed E-state index contributed by atoms with van der Waals surface area (Å²) in [6.45, 7) is 5.62. The van der Waals surface area contributed by atoms with Gasteiger partial charge in [-0.15, -0.1) is 5.10 Å². The highest BCUT2D eigenvalue weighted by molar-refractivity contribution is 5.79. The van der Waals surface area contributed by atoms with Gasteiger partial charge in [0.2, 0.25) is 5.91 Å². The number of rotatable bonds is 8. The maximum absolute atomic E-state index is 13.5. The number of nitrogens with zero attached hydrogens (tertiary/aromatic N) is 6. The first-order chi connectivity index (χ1) is 14.7. The van der Waals surface area contributed by atoms with Gasteiger partial charge in [-0.25, -0.2) is 4.68 Å². The Balaban J connectivity index is 1.33. The number of hydrogen-bond donors (Lipinski definition) is 0. The van der Waals surface area contributed by atoms with Gasteiger partial charge in [0.15, 0.2) is 0 Å². The molecule has 2 saturated heterocycles. The molecule has 0 bridgehead atoms. The summed E-state index contributed by atoms with van der Waals surface area (Å²) in [4.78, 5) is 18.3. The van der Waals surface area contributed by atoms with Crippen LogP contribution in [0.4, 0.5) is 0 Å². The van der Waals surface area contributed by atoms with E-state index in [1.165, 1.54) is 45.2 Å². The van der Waals surface area contributed by atoms with E-state index in [4.69, 9.17) is 4.74 Å². The van der Waals surface area contributed by atoms with E-state index in [0.29, 0.717) is 30.4 Å². The number of tetrazole rings is 1. The third-order valence-electron chi connectivity index (χ3n) is 7.59. The average molecular weight is 419 g/mol. The quantitative estimate of drug-likeness (QED) is 0.644. The van der Waals surface area contributed by atoms with Crippen LogP contribution in [0.1, 0.15) is 57.8 Å². The lowest BCUT2D eigenvalue weighted by molar-refractivity contribution is -0.139. The second-order valence-electron chi connectivity index (χ2n) is 9.53. The minimum absolute atomic E-state index is 0.165. The molecule has 3 fully saturated rings. The summed E-state index contributed by atoms with van der Waals surface area (Å²) in [7, 11) is 1.73. The molecule has 3 heterocycles. The normalized spacial score (nSPS) is 30.0. The number of amides is 1. The van der Waals surface area contributed by atoms with E-state index in [2.05, 4.69) is 25.3 Å². The molecule has 0 aromatic carbocycles. The summed E-state index contributed by atoms with van der Waals surface area (Å²) >= 11 is 0. The first-order valence-corrected chi connectivity index (χ1v) is 12.0. The Morgan fingerprint density at radius 2 is 1.93 bits per heavy atom. The molecule has 1 saturated carbocycles. The largest absolute Gasteiger partial charge is 0.383 e. The Hall–Kier alpha value is -1.54. The Kier molecular flexibility index (Phi) is 7.71. The lowest BCUT2D eigenvalue weighted by Gasteiger charge is -2.46. The molecule has 1 aromatic heterocycles. The Labute approximate surface area is 180 Å². The van der Waals surface area contributed by atoms with Gasteiger partial charge in [-0.1, -0.05) is 6.42 Å². The highest BCUT2D eigenvalue weighted by Crippen LogP contribution is 2.34. The number of piperidine rings is 2. The fourth-order valence-electron chi connectivity index (χ4n) is 5.94. The minimum atomic E-state index is 0.165. The van der Waals surface area contributed by atoms with E-state index in [9.17, 15) is 4.79 Å². The zero-order valence-corrected chi connectivity index (χ0v) is 18.5. The smallest absolute Gasteiger partial charge is 0.225 e. The SMILES string of the molecule is COCCN(C[C@H]1CCCN2CCCC[C@@H]12)C(=O)C1CCC(Cn2cnnn2)CC1. The second-order valence-corrected chi connectivity index (χ2v) is 9.53.